The quantitative estimate of drug-likeness (QED) is 0.818. The third-order valence-electron chi connectivity index (χ3n) is 1.88. The van der Waals surface area contributed by atoms with Crippen LogP contribution in [0.4, 0.5) is 5.69 Å². The van der Waals surface area contributed by atoms with Crippen molar-refractivity contribution in [1.82, 2.24) is 0 Å². The lowest BCUT2D eigenvalue weighted by atomic mass is 10.3. The number of hydrogen-bond acceptors (Lipinski definition) is 5. The zero-order valence-electron chi connectivity index (χ0n) is 8.04. The molecule has 1 heterocycles. The monoisotopic (exact) mass is 253 g/mol. The average Bonchev–Trinajstić information content (AvgIpc) is 2.25. The van der Waals surface area contributed by atoms with Gasteiger partial charge in [0.2, 0.25) is 0 Å². The lowest BCUT2D eigenvalue weighted by Gasteiger charge is -2.16. The van der Waals surface area contributed by atoms with Crippen molar-refractivity contribution in [3.05, 3.63) is 24.3 Å². The van der Waals surface area contributed by atoms with Gasteiger partial charge in [-0.2, -0.15) is 13.7 Å². The number of fused-ring (bicyclic) bond motifs is 1. The second kappa shape index (κ2) is 4.15. The number of thioether (sulfide) groups is 1. The Labute approximate surface area is 97.2 Å². The molecule has 0 saturated heterocycles. The number of amidine groups is 1. The zero-order valence-corrected chi connectivity index (χ0v) is 9.68. The smallest absolute Gasteiger partial charge is 0.286 e. The number of anilines is 1. The van der Waals surface area contributed by atoms with Crippen molar-refractivity contribution in [2.75, 3.05) is 11.1 Å². The minimum atomic E-state index is -3.63. The van der Waals surface area contributed by atoms with E-state index in [-0.39, 0.29) is 15.8 Å². The molecule has 16 heavy (non-hydrogen) atoms. The van der Waals surface area contributed by atoms with Gasteiger partial charge < -0.3 is 5.32 Å². The Morgan fingerprint density at radius 1 is 1.44 bits per heavy atom. The first-order valence-corrected chi connectivity index (χ1v) is 6.77. The molecule has 1 aromatic carbocycles. The SMILES string of the molecule is N#CCSC1=NS(=O)(=O)c2ccccc2N1. The summed E-state index contributed by atoms with van der Waals surface area (Å²) < 4.78 is 27.0. The highest BCUT2D eigenvalue weighted by atomic mass is 32.2. The van der Waals surface area contributed by atoms with Crippen molar-refractivity contribution in [1.29, 1.82) is 5.26 Å². The Hall–Kier alpha value is -1.52. The van der Waals surface area contributed by atoms with E-state index in [1.165, 1.54) is 6.07 Å². The first-order valence-electron chi connectivity index (χ1n) is 4.34. The summed E-state index contributed by atoms with van der Waals surface area (Å²) in [5.74, 6) is 0.156. The summed E-state index contributed by atoms with van der Waals surface area (Å²) >= 11 is 1.06. The summed E-state index contributed by atoms with van der Waals surface area (Å²) in [6.07, 6.45) is 0. The van der Waals surface area contributed by atoms with Crippen LogP contribution in [0.2, 0.25) is 0 Å². The fraction of sp³-hybridized carbons (Fsp3) is 0.111. The lowest BCUT2D eigenvalue weighted by Crippen LogP contribution is -2.18. The Balaban J connectivity index is 2.41. The number of nitrogens with zero attached hydrogens (tertiary/aromatic N) is 2. The molecule has 1 N–H and O–H groups in total. The molecule has 1 aliphatic rings. The van der Waals surface area contributed by atoms with Crippen LogP contribution in [0.5, 0.6) is 0 Å². The normalized spacial score (nSPS) is 16.6. The first-order chi connectivity index (χ1) is 7.63. The Bertz CT molecular complexity index is 587. The molecule has 7 heteroatoms. The van der Waals surface area contributed by atoms with Crippen molar-refractivity contribution in [2.24, 2.45) is 4.40 Å². The van der Waals surface area contributed by atoms with Crippen molar-refractivity contribution in [3.63, 3.8) is 0 Å². The van der Waals surface area contributed by atoms with Gasteiger partial charge in [-0.15, -0.1) is 4.40 Å². The number of nitrogens with one attached hydrogen (secondary N) is 1. The van der Waals surface area contributed by atoms with Crippen molar-refractivity contribution in [3.8, 4) is 6.07 Å². The standard InChI is InChI=1S/C9H7N3O2S2/c10-5-6-15-9-11-7-3-1-2-4-8(7)16(13,14)12-9/h1-4H,6H2,(H,11,12). The van der Waals surface area contributed by atoms with E-state index in [2.05, 4.69) is 9.71 Å². The number of para-hydroxylation sites is 1. The van der Waals surface area contributed by atoms with E-state index in [0.717, 1.165) is 11.8 Å². The number of nitriles is 1. The van der Waals surface area contributed by atoms with Crippen molar-refractivity contribution in [2.45, 2.75) is 4.90 Å². The molecule has 0 atom stereocenters. The second-order valence-corrected chi connectivity index (χ2v) is 5.48. The van der Waals surface area contributed by atoms with E-state index >= 15 is 0 Å². The van der Waals surface area contributed by atoms with Crippen LogP contribution in [0.1, 0.15) is 0 Å². The van der Waals surface area contributed by atoms with Gasteiger partial charge in [-0.05, 0) is 12.1 Å². The Morgan fingerprint density at radius 3 is 2.94 bits per heavy atom. The van der Waals surface area contributed by atoms with E-state index < -0.39 is 10.0 Å². The molecule has 82 valence electrons. The zero-order chi connectivity index (χ0) is 11.6. The summed E-state index contributed by atoms with van der Waals surface area (Å²) in [6.45, 7) is 0. The van der Waals surface area contributed by atoms with Gasteiger partial charge in [-0.3, -0.25) is 0 Å². The number of hydrogen-bond donors (Lipinski definition) is 1. The highest BCUT2D eigenvalue weighted by molar-refractivity contribution is 8.15. The molecule has 0 aromatic heterocycles. The number of benzene rings is 1. The predicted octanol–water partition coefficient (Wildman–Crippen LogP) is 1.41. The summed E-state index contributed by atoms with van der Waals surface area (Å²) in [7, 11) is -3.63. The molecule has 0 amide bonds. The fourth-order valence-electron chi connectivity index (χ4n) is 1.25. The summed E-state index contributed by atoms with van der Waals surface area (Å²) in [5, 5.41) is 11.5. The first kappa shape index (κ1) is 11.0. The molecule has 0 spiro atoms. The Morgan fingerprint density at radius 2 is 2.19 bits per heavy atom. The van der Waals surface area contributed by atoms with Gasteiger partial charge >= 0.3 is 0 Å². The van der Waals surface area contributed by atoms with E-state index in [1.54, 1.807) is 18.2 Å². The topological polar surface area (TPSA) is 82.3 Å². The van der Waals surface area contributed by atoms with Gasteiger partial charge in [0.1, 0.15) is 4.90 Å². The van der Waals surface area contributed by atoms with Crippen LogP contribution in [-0.2, 0) is 10.0 Å². The summed E-state index contributed by atoms with van der Waals surface area (Å²) in [4.78, 5) is 0.163. The molecule has 0 fully saturated rings. The lowest BCUT2D eigenvalue weighted by molar-refractivity contribution is 0.598. The van der Waals surface area contributed by atoms with Gasteiger partial charge in [-0.25, -0.2) is 0 Å². The van der Waals surface area contributed by atoms with Gasteiger partial charge in [0.15, 0.2) is 5.17 Å². The average molecular weight is 253 g/mol. The molecule has 0 radical (unpaired) electrons. The molecular weight excluding hydrogens is 246 g/mol. The van der Waals surface area contributed by atoms with E-state index in [4.69, 9.17) is 5.26 Å². The third-order valence-corrected chi connectivity index (χ3v) is 4.07. The van der Waals surface area contributed by atoms with Crippen LogP contribution in [0.3, 0.4) is 0 Å². The highest BCUT2D eigenvalue weighted by Gasteiger charge is 2.24. The van der Waals surface area contributed by atoms with Crippen LogP contribution < -0.4 is 5.32 Å². The molecule has 5 nitrogen and oxygen atoms in total. The number of rotatable bonds is 1. The van der Waals surface area contributed by atoms with Crippen molar-refractivity contribution >= 4 is 32.6 Å². The Kier molecular flexibility index (Phi) is 2.85. The molecule has 2 rings (SSSR count). The molecule has 0 aliphatic carbocycles. The summed E-state index contributed by atoms with van der Waals surface area (Å²) in [6, 6.07) is 8.44. The maximum atomic E-state index is 11.7. The van der Waals surface area contributed by atoms with Gasteiger partial charge in [0.05, 0.1) is 17.5 Å². The van der Waals surface area contributed by atoms with Gasteiger partial charge in [-0.1, -0.05) is 23.9 Å². The third kappa shape index (κ3) is 2.03. The van der Waals surface area contributed by atoms with E-state index in [1.807, 2.05) is 6.07 Å². The highest BCUT2D eigenvalue weighted by Crippen LogP contribution is 2.28. The molecule has 0 bridgehead atoms. The number of sulfonamides is 1. The second-order valence-electron chi connectivity index (χ2n) is 2.94. The van der Waals surface area contributed by atoms with Gasteiger partial charge in [0, 0.05) is 0 Å². The maximum Gasteiger partial charge on any atom is 0.286 e. The van der Waals surface area contributed by atoms with Crippen molar-refractivity contribution < 1.29 is 8.42 Å². The molecule has 0 saturated carbocycles. The minimum Gasteiger partial charge on any atom is -0.333 e. The van der Waals surface area contributed by atoms with Crippen LogP contribution in [-0.4, -0.2) is 19.3 Å². The van der Waals surface area contributed by atoms with Crippen LogP contribution in [0.25, 0.3) is 0 Å². The van der Waals surface area contributed by atoms with E-state index in [0.29, 0.717) is 5.69 Å². The molecule has 0 unspecified atom stereocenters. The fourth-order valence-corrected chi connectivity index (χ4v) is 3.15. The molecule has 1 aliphatic heterocycles. The predicted molar refractivity (Wildman–Crippen MR) is 62.8 cm³/mol. The van der Waals surface area contributed by atoms with Crippen LogP contribution >= 0.6 is 11.8 Å². The van der Waals surface area contributed by atoms with Crippen LogP contribution in [0, 0.1) is 11.3 Å². The molecule has 1 aromatic rings. The van der Waals surface area contributed by atoms with Crippen LogP contribution in [0.15, 0.2) is 33.6 Å². The summed E-state index contributed by atoms with van der Waals surface area (Å²) in [5.41, 5.74) is 0.498. The maximum absolute atomic E-state index is 11.7. The minimum absolute atomic E-state index is 0.156. The van der Waals surface area contributed by atoms with E-state index in [9.17, 15) is 8.42 Å². The van der Waals surface area contributed by atoms with Gasteiger partial charge in [0.25, 0.3) is 10.0 Å². The largest absolute Gasteiger partial charge is 0.333 e. The molecular formula is C9H7N3O2S2.